The molecule has 0 saturated carbocycles. The zero-order valence-corrected chi connectivity index (χ0v) is 9.09. The Balaban J connectivity index is 3.00. The van der Waals surface area contributed by atoms with Gasteiger partial charge in [-0.05, 0) is 12.5 Å². The van der Waals surface area contributed by atoms with Crippen LogP contribution in [0.3, 0.4) is 0 Å². The Labute approximate surface area is 92.5 Å². The Hall–Kier alpha value is -0.730. The van der Waals surface area contributed by atoms with E-state index in [0.717, 1.165) is 5.56 Å². The van der Waals surface area contributed by atoms with Gasteiger partial charge >= 0.3 is 5.97 Å². The first kappa shape index (κ1) is 11.3. The molecule has 0 bridgehead atoms. The third kappa shape index (κ3) is 2.63. The minimum atomic E-state index is -1.01. The summed E-state index contributed by atoms with van der Waals surface area (Å²) in [7, 11) is 0. The molecule has 0 spiro atoms. The zero-order valence-electron chi connectivity index (χ0n) is 7.58. The highest BCUT2D eigenvalue weighted by molar-refractivity contribution is 6.45. The molecule has 0 fully saturated rings. The largest absolute Gasteiger partial charge is 0.481 e. The van der Waals surface area contributed by atoms with Crippen molar-refractivity contribution in [1.29, 1.82) is 0 Å². The molecule has 1 aromatic carbocycles. The second kappa shape index (κ2) is 4.67. The topological polar surface area (TPSA) is 37.3 Å². The SMILES string of the molecule is Cc1ccc(C(C(=O)O)C(Cl)Cl)cc1. The number of carbonyl (C=O) groups is 1. The van der Waals surface area contributed by atoms with E-state index in [0.29, 0.717) is 5.56 Å². The Morgan fingerprint density at radius 2 is 1.79 bits per heavy atom. The quantitative estimate of drug-likeness (QED) is 0.815. The monoisotopic (exact) mass is 232 g/mol. The van der Waals surface area contributed by atoms with Crippen molar-refractivity contribution in [2.45, 2.75) is 17.7 Å². The smallest absolute Gasteiger partial charge is 0.313 e. The maximum absolute atomic E-state index is 10.9. The maximum atomic E-state index is 10.9. The van der Waals surface area contributed by atoms with Gasteiger partial charge in [0.05, 0.1) is 0 Å². The molecule has 0 aliphatic rings. The van der Waals surface area contributed by atoms with Crippen LogP contribution in [0.4, 0.5) is 0 Å². The summed E-state index contributed by atoms with van der Waals surface area (Å²) in [5, 5.41) is 8.90. The molecule has 0 heterocycles. The summed E-state index contributed by atoms with van der Waals surface area (Å²) in [5.41, 5.74) is 1.69. The molecule has 0 saturated heterocycles. The molecule has 1 N–H and O–H groups in total. The number of rotatable bonds is 3. The molecule has 0 aliphatic heterocycles. The minimum Gasteiger partial charge on any atom is -0.481 e. The van der Waals surface area contributed by atoms with Crippen LogP contribution in [-0.4, -0.2) is 15.9 Å². The van der Waals surface area contributed by atoms with Crippen molar-refractivity contribution >= 4 is 29.2 Å². The number of carboxylic acids is 1. The molecule has 1 aromatic rings. The van der Waals surface area contributed by atoms with E-state index in [-0.39, 0.29) is 0 Å². The molecular weight excluding hydrogens is 223 g/mol. The van der Waals surface area contributed by atoms with Crippen LogP contribution in [0, 0.1) is 6.92 Å². The first-order valence-corrected chi connectivity index (χ1v) is 4.97. The van der Waals surface area contributed by atoms with E-state index in [1.54, 1.807) is 12.1 Å². The lowest BCUT2D eigenvalue weighted by Gasteiger charge is -2.13. The fourth-order valence-electron chi connectivity index (χ4n) is 1.17. The summed E-state index contributed by atoms with van der Waals surface area (Å²) in [6.45, 7) is 1.93. The molecule has 14 heavy (non-hydrogen) atoms. The molecule has 0 amide bonds. The van der Waals surface area contributed by atoms with Crippen molar-refractivity contribution in [2.75, 3.05) is 0 Å². The first-order valence-electron chi connectivity index (χ1n) is 4.10. The number of aryl methyl sites for hydroxylation is 1. The standard InChI is InChI=1S/C10H10Cl2O2/c1-6-2-4-7(5-3-6)8(9(11)12)10(13)14/h2-5,8-9H,1H3,(H,13,14). The lowest BCUT2D eigenvalue weighted by molar-refractivity contribution is -0.138. The van der Waals surface area contributed by atoms with Crippen molar-refractivity contribution < 1.29 is 9.90 Å². The Morgan fingerprint density at radius 1 is 1.29 bits per heavy atom. The summed E-state index contributed by atoms with van der Waals surface area (Å²) in [4.78, 5) is 9.92. The number of benzene rings is 1. The van der Waals surface area contributed by atoms with Crippen molar-refractivity contribution in [3.63, 3.8) is 0 Å². The van der Waals surface area contributed by atoms with Gasteiger partial charge in [-0.2, -0.15) is 0 Å². The minimum absolute atomic E-state index is 0.623. The maximum Gasteiger partial charge on any atom is 0.313 e. The van der Waals surface area contributed by atoms with Gasteiger partial charge in [-0.15, -0.1) is 23.2 Å². The van der Waals surface area contributed by atoms with Gasteiger partial charge < -0.3 is 5.11 Å². The van der Waals surface area contributed by atoms with E-state index in [1.807, 2.05) is 19.1 Å². The lowest BCUT2D eigenvalue weighted by Crippen LogP contribution is -2.17. The summed E-state index contributed by atoms with van der Waals surface area (Å²) in [6.07, 6.45) is 0. The fraction of sp³-hybridized carbons (Fsp3) is 0.300. The second-order valence-electron chi connectivity index (χ2n) is 3.06. The third-order valence-electron chi connectivity index (χ3n) is 1.95. The van der Waals surface area contributed by atoms with Crippen LogP contribution < -0.4 is 0 Å². The third-order valence-corrected chi connectivity index (χ3v) is 2.46. The molecule has 1 rings (SSSR count). The second-order valence-corrected chi connectivity index (χ2v) is 4.22. The van der Waals surface area contributed by atoms with Crippen LogP contribution in [0.5, 0.6) is 0 Å². The predicted octanol–water partition coefficient (Wildman–Crippen LogP) is 2.97. The van der Waals surface area contributed by atoms with Crippen LogP contribution >= 0.6 is 23.2 Å². The van der Waals surface area contributed by atoms with Crippen LogP contribution in [-0.2, 0) is 4.79 Å². The summed E-state index contributed by atoms with van der Waals surface area (Å²) in [6, 6.07) is 7.13. The first-order chi connectivity index (χ1) is 6.52. The molecule has 1 atom stereocenters. The van der Waals surface area contributed by atoms with E-state index in [1.165, 1.54) is 0 Å². The number of hydrogen-bond acceptors (Lipinski definition) is 1. The molecule has 76 valence electrons. The van der Waals surface area contributed by atoms with Gasteiger partial charge in [0.15, 0.2) is 0 Å². The zero-order chi connectivity index (χ0) is 10.7. The van der Waals surface area contributed by atoms with Crippen molar-refractivity contribution in [1.82, 2.24) is 0 Å². The molecule has 4 heteroatoms. The number of halogens is 2. The Bertz CT molecular complexity index is 319. The lowest BCUT2D eigenvalue weighted by atomic mass is 10.00. The average Bonchev–Trinajstić information content (AvgIpc) is 2.07. The summed E-state index contributed by atoms with van der Waals surface area (Å²) < 4.78 is 0. The predicted molar refractivity (Wildman–Crippen MR) is 57.0 cm³/mol. The highest BCUT2D eigenvalue weighted by Gasteiger charge is 2.26. The number of carboxylic acid groups (broad SMARTS) is 1. The van der Waals surface area contributed by atoms with Gasteiger partial charge in [0.25, 0.3) is 0 Å². The summed E-state index contributed by atoms with van der Waals surface area (Å²) in [5.74, 6) is -1.87. The van der Waals surface area contributed by atoms with Gasteiger partial charge in [0.1, 0.15) is 10.8 Å². The van der Waals surface area contributed by atoms with Crippen LogP contribution in [0.2, 0.25) is 0 Å². The number of hydrogen-bond donors (Lipinski definition) is 1. The van der Waals surface area contributed by atoms with Crippen molar-refractivity contribution in [2.24, 2.45) is 0 Å². The van der Waals surface area contributed by atoms with Crippen molar-refractivity contribution in [3.8, 4) is 0 Å². The van der Waals surface area contributed by atoms with Gasteiger partial charge in [0, 0.05) is 0 Å². The van der Waals surface area contributed by atoms with Gasteiger partial charge in [0.2, 0.25) is 0 Å². The van der Waals surface area contributed by atoms with Gasteiger partial charge in [-0.3, -0.25) is 4.79 Å². The van der Waals surface area contributed by atoms with Crippen LogP contribution in [0.1, 0.15) is 17.0 Å². The van der Waals surface area contributed by atoms with E-state index >= 15 is 0 Å². The highest BCUT2D eigenvalue weighted by atomic mass is 35.5. The van der Waals surface area contributed by atoms with Crippen LogP contribution in [0.15, 0.2) is 24.3 Å². The molecule has 0 aliphatic carbocycles. The molecule has 0 radical (unpaired) electrons. The van der Waals surface area contributed by atoms with Gasteiger partial charge in [-0.25, -0.2) is 0 Å². The molecule has 1 unspecified atom stereocenters. The molecular formula is C10H10Cl2O2. The van der Waals surface area contributed by atoms with E-state index in [9.17, 15) is 4.79 Å². The Kier molecular flexibility index (Phi) is 3.78. The molecule has 0 aromatic heterocycles. The van der Waals surface area contributed by atoms with Crippen LogP contribution in [0.25, 0.3) is 0 Å². The summed E-state index contributed by atoms with van der Waals surface area (Å²) >= 11 is 11.2. The molecule has 2 nitrogen and oxygen atoms in total. The number of alkyl halides is 2. The van der Waals surface area contributed by atoms with E-state index in [2.05, 4.69) is 0 Å². The Morgan fingerprint density at radius 3 is 2.14 bits per heavy atom. The normalized spacial score (nSPS) is 12.9. The average molecular weight is 233 g/mol. The number of aliphatic carboxylic acids is 1. The van der Waals surface area contributed by atoms with E-state index < -0.39 is 16.7 Å². The van der Waals surface area contributed by atoms with E-state index in [4.69, 9.17) is 28.3 Å². The highest BCUT2D eigenvalue weighted by Crippen LogP contribution is 2.27. The fourth-order valence-corrected chi connectivity index (χ4v) is 1.68. The van der Waals surface area contributed by atoms with Gasteiger partial charge in [-0.1, -0.05) is 29.8 Å². The van der Waals surface area contributed by atoms with Crippen molar-refractivity contribution in [3.05, 3.63) is 35.4 Å².